The maximum absolute atomic E-state index is 12.0. The summed E-state index contributed by atoms with van der Waals surface area (Å²) < 4.78 is 4.98. The summed E-state index contributed by atoms with van der Waals surface area (Å²) in [4.78, 5) is 40.3. The fourth-order valence-corrected chi connectivity index (χ4v) is 3.64. The molecule has 2 N–H and O–H groups in total. The van der Waals surface area contributed by atoms with Crippen LogP contribution in [0.15, 0.2) is 36.9 Å². The van der Waals surface area contributed by atoms with Gasteiger partial charge in [0.05, 0.1) is 17.2 Å². The molecule has 1 heterocycles. The smallest absolute Gasteiger partial charge is 0.350 e. The van der Waals surface area contributed by atoms with E-state index in [1.54, 1.807) is 6.92 Å². The third-order valence-corrected chi connectivity index (χ3v) is 5.31. The molecule has 7 nitrogen and oxygen atoms in total. The van der Waals surface area contributed by atoms with Crippen molar-refractivity contribution in [3.63, 3.8) is 0 Å². The van der Waals surface area contributed by atoms with E-state index in [0.717, 1.165) is 22.6 Å². The highest BCUT2D eigenvalue weighted by molar-refractivity contribution is 8.00. The van der Waals surface area contributed by atoms with Crippen molar-refractivity contribution >= 4 is 51.7 Å². The molecule has 148 valence electrons. The number of hydrogen-bond donors (Lipinski definition) is 2. The van der Waals surface area contributed by atoms with E-state index < -0.39 is 5.97 Å². The molecule has 1 aromatic carbocycles. The van der Waals surface area contributed by atoms with Crippen molar-refractivity contribution in [3.05, 3.63) is 53.1 Å². The van der Waals surface area contributed by atoms with Crippen LogP contribution in [0.5, 0.6) is 0 Å². The van der Waals surface area contributed by atoms with Crippen LogP contribution in [0.3, 0.4) is 0 Å². The molecule has 0 saturated heterocycles. The van der Waals surface area contributed by atoms with E-state index in [1.807, 2.05) is 31.2 Å². The normalized spacial score (nSPS) is 10.2. The van der Waals surface area contributed by atoms with E-state index in [0.29, 0.717) is 15.7 Å². The summed E-state index contributed by atoms with van der Waals surface area (Å²) in [5, 5.41) is 5.74. The van der Waals surface area contributed by atoms with Gasteiger partial charge in [0.25, 0.3) is 0 Å². The second-order valence-corrected chi connectivity index (χ2v) is 7.76. The fourth-order valence-electron chi connectivity index (χ4n) is 2.15. The summed E-state index contributed by atoms with van der Waals surface area (Å²) in [7, 11) is 0. The number of thiazole rings is 1. The minimum Gasteiger partial charge on any atom is -0.457 e. The number of amides is 2. The Morgan fingerprint density at radius 1 is 1.21 bits per heavy atom. The van der Waals surface area contributed by atoms with Gasteiger partial charge in [-0.3, -0.25) is 9.59 Å². The lowest BCUT2D eigenvalue weighted by atomic mass is 10.2. The van der Waals surface area contributed by atoms with Crippen LogP contribution in [-0.2, 0) is 14.3 Å². The van der Waals surface area contributed by atoms with Crippen LogP contribution in [0, 0.1) is 13.8 Å². The lowest BCUT2D eigenvalue weighted by Gasteiger charge is -2.06. The number of aromatic nitrogens is 1. The van der Waals surface area contributed by atoms with Crippen LogP contribution in [-0.4, -0.2) is 40.9 Å². The first-order valence-corrected chi connectivity index (χ1v) is 10.4. The largest absolute Gasteiger partial charge is 0.457 e. The second-order valence-electron chi connectivity index (χ2n) is 5.78. The summed E-state index contributed by atoms with van der Waals surface area (Å²) in [5.74, 6) is -0.737. The molecule has 0 unspecified atom stereocenters. The summed E-state index contributed by atoms with van der Waals surface area (Å²) >= 11 is 2.24. The molecule has 0 radical (unpaired) electrons. The highest BCUT2D eigenvalue weighted by atomic mass is 32.2. The van der Waals surface area contributed by atoms with Gasteiger partial charge in [0.15, 0.2) is 5.13 Å². The first-order valence-electron chi connectivity index (χ1n) is 8.38. The number of rotatable bonds is 9. The highest BCUT2D eigenvalue weighted by Crippen LogP contribution is 2.23. The molecule has 2 aromatic rings. The summed E-state index contributed by atoms with van der Waals surface area (Å²) in [5.41, 5.74) is 2.26. The lowest BCUT2D eigenvalue weighted by molar-refractivity contribution is -0.114. The number of nitrogens with zero attached hydrogens (tertiary/aromatic N) is 1. The number of esters is 1. The van der Waals surface area contributed by atoms with E-state index in [9.17, 15) is 14.4 Å². The zero-order chi connectivity index (χ0) is 20.5. The molecule has 2 amide bonds. The van der Waals surface area contributed by atoms with Crippen LogP contribution in [0.2, 0.25) is 0 Å². The van der Waals surface area contributed by atoms with E-state index in [2.05, 4.69) is 22.2 Å². The Hall–Kier alpha value is -2.65. The molecule has 28 heavy (non-hydrogen) atoms. The van der Waals surface area contributed by atoms with Crippen LogP contribution in [0.1, 0.15) is 20.9 Å². The minimum atomic E-state index is -0.502. The zero-order valence-electron chi connectivity index (χ0n) is 15.6. The average Bonchev–Trinajstić information content (AvgIpc) is 2.99. The van der Waals surface area contributed by atoms with Crippen LogP contribution >= 0.6 is 23.1 Å². The molecule has 0 bridgehead atoms. The first-order chi connectivity index (χ1) is 13.4. The van der Waals surface area contributed by atoms with Gasteiger partial charge in [0, 0.05) is 5.69 Å². The van der Waals surface area contributed by atoms with Gasteiger partial charge in [-0.05, 0) is 31.5 Å². The Morgan fingerprint density at radius 2 is 1.93 bits per heavy atom. The molecule has 0 aliphatic heterocycles. The monoisotopic (exact) mass is 419 g/mol. The van der Waals surface area contributed by atoms with Crippen molar-refractivity contribution in [2.75, 3.05) is 28.7 Å². The maximum Gasteiger partial charge on any atom is 0.350 e. The van der Waals surface area contributed by atoms with Crippen molar-refractivity contribution in [3.8, 4) is 0 Å². The molecule has 0 saturated carbocycles. The summed E-state index contributed by atoms with van der Waals surface area (Å²) in [6, 6.07) is 7.49. The number of nitrogens with one attached hydrogen (secondary N) is 2. The third-order valence-electron chi connectivity index (χ3n) is 3.33. The van der Waals surface area contributed by atoms with Crippen molar-refractivity contribution in [2.24, 2.45) is 0 Å². The van der Waals surface area contributed by atoms with Gasteiger partial charge in [-0.25, -0.2) is 9.78 Å². The second kappa shape index (κ2) is 10.6. The number of carbonyl (C=O) groups excluding carboxylic acids is 3. The van der Waals surface area contributed by atoms with Gasteiger partial charge < -0.3 is 15.4 Å². The van der Waals surface area contributed by atoms with Gasteiger partial charge in [-0.15, -0.1) is 11.8 Å². The third kappa shape index (κ3) is 6.82. The van der Waals surface area contributed by atoms with E-state index >= 15 is 0 Å². The van der Waals surface area contributed by atoms with Crippen LogP contribution in [0.4, 0.5) is 10.8 Å². The van der Waals surface area contributed by atoms with Crippen molar-refractivity contribution < 1.29 is 19.1 Å². The summed E-state index contributed by atoms with van der Waals surface area (Å²) in [6.45, 7) is 7.21. The number of aryl methyl sites for hydroxylation is 2. The highest BCUT2D eigenvalue weighted by Gasteiger charge is 2.17. The van der Waals surface area contributed by atoms with Gasteiger partial charge in [-0.1, -0.05) is 36.1 Å². The first kappa shape index (κ1) is 21.6. The Labute approximate surface area is 171 Å². The SMILES string of the molecule is C=CCOC(=O)c1sc(NC(=O)CSCC(=O)Nc2cccc(C)c2)nc1C. The van der Waals surface area contributed by atoms with Crippen molar-refractivity contribution in [1.29, 1.82) is 0 Å². The quantitative estimate of drug-likeness (QED) is 0.477. The molecule has 0 atom stereocenters. The van der Waals surface area contributed by atoms with E-state index in [1.165, 1.54) is 17.8 Å². The van der Waals surface area contributed by atoms with Gasteiger partial charge >= 0.3 is 5.97 Å². The van der Waals surface area contributed by atoms with Crippen LogP contribution in [0.25, 0.3) is 0 Å². The fraction of sp³-hybridized carbons (Fsp3) is 0.263. The predicted octanol–water partition coefficient (Wildman–Crippen LogP) is 3.41. The Balaban J connectivity index is 1.77. The standard InChI is InChI=1S/C19H21N3O4S2/c1-4-8-26-18(25)17-13(3)20-19(28-17)22-16(24)11-27-10-15(23)21-14-7-5-6-12(2)9-14/h4-7,9H,1,8,10-11H2,2-3H3,(H,21,23)(H,20,22,24). The summed E-state index contributed by atoms with van der Waals surface area (Å²) in [6.07, 6.45) is 1.48. The zero-order valence-corrected chi connectivity index (χ0v) is 17.2. The van der Waals surface area contributed by atoms with Crippen molar-refractivity contribution in [1.82, 2.24) is 4.98 Å². The van der Waals surface area contributed by atoms with E-state index in [4.69, 9.17) is 4.74 Å². The molecule has 2 rings (SSSR count). The molecule has 0 fully saturated rings. The van der Waals surface area contributed by atoms with Gasteiger partial charge in [0.1, 0.15) is 11.5 Å². The van der Waals surface area contributed by atoms with Crippen LogP contribution < -0.4 is 10.6 Å². The predicted molar refractivity (Wildman–Crippen MR) is 113 cm³/mol. The molecule has 1 aromatic heterocycles. The molecular formula is C19H21N3O4S2. The topological polar surface area (TPSA) is 97.4 Å². The maximum atomic E-state index is 12.0. The van der Waals surface area contributed by atoms with E-state index in [-0.39, 0.29) is 29.9 Å². The Morgan fingerprint density at radius 3 is 2.61 bits per heavy atom. The van der Waals surface area contributed by atoms with Gasteiger partial charge in [-0.2, -0.15) is 0 Å². The number of ether oxygens (including phenoxy) is 1. The van der Waals surface area contributed by atoms with Gasteiger partial charge in [0.2, 0.25) is 11.8 Å². The number of benzene rings is 1. The number of carbonyl (C=O) groups is 3. The van der Waals surface area contributed by atoms with Crippen molar-refractivity contribution in [2.45, 2.75) is 13.8 Å². The molecule has 9 heteroatoms. The number of hydrogen-bond acceptors (Lipinski definition) is 7. The molecule has 0 aliphatic carbocycles. The number of thioether (sulfide) groups is 1. The minimum absolute atomic E-state index is 0.0934. The molecule has 0 spiro atoms. The average molecular weight is 420 g/mol. The Bertz CT molecular complexity index is 880. The Kier molecular flexibility index (Phi) is 8.21. The number of anilines is 2. The lowest BCUT2D eigenvalue weighted by Crippen LogP contribution is -2.18. The molecule has 0 aliphatic rings. The molecular weight excluding hydrogens is 398 g/mol.